The third kappa shape index (κ3) is 5.25. The zero-order valence-corrected chi connectivity index (χ0v) is 21.9. The van der Waals surface area contributed by atoms with E-state index in [0.717, 1.165) is 51.6 Å². The molecule has 11 nitrogen and oxygen atoms in total. The molecule has 2 atom stereocenters. The predicted molar refractivity (Wildman–Crippen MR) is 142 cm³/mol. The Bertz CT molecular complexity index is 1370. The molecule has 0 aliphatic carbocycles. The van der Waals surface area contributed by atoms with Gasteiger partial charge in [-0.1, -0.05) is 12.1 Å². The van der Waals surface area contributed by atoms with Crippen LogP contribution in [0, 0.1) is 17.1 Å². The average molecular weight is 548 g/mol. The van der Waals surface area contributed by atoms with Crippen molar-refractivity contribution in [3.63, 3.8) is 0 Å². The molecule has 12 heteroatoms. The second-order valence-electron chi connectivity index (χ2n) is 10.2. The van der Waals surface area contributed by atoms with Gasteiger partial charge in [0, 0.05) is 69.6 Å². The van der Waals surface area contributed by atoms with E-state index in [1.54, 1.807) is 29.3 Å². The first-order valence-corrected chi connectivity index (χ1v) is 13.3. The molecule has 0 bridgehead atoms. The number of hydrogen-bond donors (Lipinski definition) is 1. The molecule has 2 saturated heterocycles. The van der Waals surface area contributed by atoms with E-state index < -0.39 is 11.8 Å². The summed E-state index contributed by atoms with van der Waals surface area (Å²) in [6.07, 6.45) is 6.51. The Kier molecular flexibility index (Phi) is 7.15. The molecule has 208 valence electrons. The highest BCUT2D eigenvalue weighted by Gasteiger charge is 2.42. The summed E-state index contributed by atoms with van der Waals surface area (Å²) in [5, 5.41) is 18.7. The van der Waals surface area contributed by atoms with Gasteiger partial charge in [0.1, 0.15) is 23.9 Å². The lowest BCUT2D eigenvalue weighted by Crippen LogP contribution is -2.55. The number of pyridine rings is 1. The normalized spacial score (nSPS) is 22.1. The fraction of sp³-hybridized carbons (Fsp3) is 0.393. The number of carboxylic acid groups (broad SMARTS) is 1. The standard InChI is InChI=1S/C28H30FN7O4/c29-23-14-20(15-30)4-5-21(23)18-40-26-3-1-2-25(31-26)33-9-7-32(8-10-33)19-35-17-24(27(37)38)36-12-11-34(28(35)36)16-22-6-13-39-22/h1-5,11-12,14,17,22,28H,6-10,13,16,18-19H2,(H,37,38). The minimum atomic E-state index is -0.946. The summed E-state index contributed by atoms with van der Waals surface area (Å²) >= 11 is 0. The van der Waals surface area contributed by atoms with Crippen LogP contribution in [-0.2, 0) is 16.1 Å². The summed E-state index contributed by atoms with van der Waals surface area (Å²) in [6.45, 7) is 5.17. The lowest BCUT2D eigenvalue weighted by molar-refractivity contribution is -0.134. The van der Waals surface area contributed by atoms with Gasteiger partial charge < -0.3 is 34.2 Å². The second kappa shape index (κ2) is 11.0. The Morgan fingerprint density at radius 1 is 1.18 bits per heavy atom. The Labute approximate surface area is 231 Å². The van der Waals surface area contributed by atoms with Crippen molar-refractivity contribution in [2.24, 2.45) is 0 Å². The van der Waals surface area contributed by atoms with Crippen molar-refractivity contribution in [2.45, 2.75) is 25.4 Å². The second-order valence-corrected chi connectivity index (χ2v) is 10.2. The lowest BCUT2D eigenvalue weighted by Gasteiger charge is -2.42. The van der Waals surface area contributed by atoms with E-state index in [1.807, 2.05) is 30.6 Å². The van der Waals surface area contributed by atoms with Gasteiger partial charge in [-0.3, -0.25) is 4.90 Å². The number of carbonyl (C=O) groups is 1. The molecule has 2 unspecified atom stereocenters. The van der Waals surface area contributed by atoms with Crippen LogP contribution < -0.4 is 9.64 Å². The number of fused-ring (bicyclic) bond motifs is 1. The first kappa shape index (κ1) is 25.9. The van der Waals surface area contributed by atoms with E-state index in [0.29, 0.717) is 18.1 Å². The first-order chi connectivity index (χ1) is 19.5. The molecule has 2 fully saturated rings. The maximum absolute atomic E-state index is 14.2. The van der Waals surface area contributed by atoms with Gasteiger partial charge in [-0.15, -0.1) is 0 Å². The summed E-state index contributed by atoms with van der Waals surface area (Å²) in [5.74, 6) is -0.245. The van der Waals surface area contributed by atoms with Crippen LogP contribution in [0.3, 0.4) is 0 Å². The quantitative estimate of drug-likeness (QED) is 0.499. The molecule has 0 spiro atoms. The number of hydrogen-bond acceptors (Lipinski definition) is 10. The molecule has 6 rings (SSSR count). The molecule has 1 N–H and O–H groups in total. The van der Waals surface area contributed by atoms with E-state index in [1.165, 1.54) is 6.07 Å². The lowest BCUT2D eigenvalue weighted by atomic mass is 10.1. The molecule has 1 aromatic carbocycles. The molecule has 40 heavy (non-hydrogen) atoms. The van der Waals surface area contributed by atoms with Crippen molar-refractivity contribution in [3.05, 3.63) is 77.6 Å². The number of rotatable bonds is 9. The third-order valence-corrected chi connectivity index (χ3v) is 7.58. The first-order valence-electron chi connectivity index (χ1n) is 13.3. The van der Waals surface area contributed by atoms with Crippen LogP contribution in [0.5, 0.6) is 5.88 Å². The molecule has 0 radical (unpaired) electrons. The fourth-order valence-corrected chi connectivity index (χ4v) is 5.31. The monoisotopic (exact) mass is 547 g/mol. The van der Waals surface area contributed by atoms with Crippen LogP contribution in [0.4, 0.5) is 10.2 Å². The Morgan fingerprint density at radius 3 is 2.70 bits per heavy atom. The van der Waals surface area contributed by atoms with Gasteiger partial charge in [-0.2, -0.15) is 10.2 Å². The van der Waals surface area contributed by atoms with Crippen molar-refractivity contribution in [1.29, 1.82) is 5.26 Å². The van der Waals surface area contributed by atoms with Gasteiger partial charge in [0.05, 0.1) is 24.4 Å². The molecule has 2 aromatic rings. The van der Waals surface area contributed by atoms with Gasteiger partial charge in [0.25, 0.3) is 0 Å². The van der Waals surface area contributed by atoms with Crippen molar-refractivity contribution in [2.75, 3.05) is 50.9 Å². The topological polar surface area (TPSA) is 109 Å². The number of halogens is 1. The number of anilines is 1. The predicted octanol–water partition coefficient (Wildman–Crippen LogP) is 2.15. The number of nitriles is 1. The van der Waals surface area contributed by atoms with Gasteiger partial charge in [-0.25, -0.2) is 9.18 Å². The fourth-order valence-electron chi connectivity index (χ4n) is 5.31. The molecule has 0 saturated carbocycles. The molecule has 1 aromatic heterocycles. The summed E-state index contributed by atoms with van der Waals surface area (Å²) < 4.78 is 25.6. The Morgan fingerprint density at radius 2 is 2.00 bits per heavy atom. The van der Waals surface area contributed by atoms with Crippen molar-refractivity contribution in [3.8, 4) is 11.9 Å². The molecule has 4 aliphatic heterocycles. The minimum absolute atomic E-state index is 0.0143. The molecular formula is C28H30FN7O4. The summed E-state index contributed by atoms with van der Waals surface area (Å²) in [6, 6.07) is 11.8. The maximum atomic E-state index is 14.2. The van der Waals surface area contributed by atoms with Crippen LogP contribution in [0.15, 0.2) is 60.7 Å². The van der Waals surface area contributed by atoms with E-state index in [4.69, 9.17) is 14.7 Å². The number of nitrogens with zero attached hydrogens (tertiary/aromatic N) is 7. The van der Waals surface area contributed by atoms with E-state index in [2.05, 4.69) is 24.6 Å². The molecule has 0 amide bonds. The smallest absolute Gasteiger partial charge is 0.354 e. The van der Waals surface area contributed by atoms with Gasteiger partial charge in [0.15, 0.2) is 6.29 Å². The van der Waals surface area contributed by atoms with Crippen molar-refractivity contribution in [1.82, 2.24) is 24.6 Å². The van der Waals surface area contributed by atoms with Gasteiger partial charge in [-0.05, 0) is 24.6 Å². The van der Waals surface area contributed by atoms with Crippen molar-refractivity contribution >= 4 is 11.8 Å². The van der Waals surface area contributed by atoms with Crippen LogP contribution >= 0.6 is 0 Å². The highest BCUT2D eigenvalue weighted by molar-refractivity contribution is 5.86. The SMILES string of the molecule is N#Cc1ccc(COc2cccc(N3CCN(CN4C=C(C(=O)O)N5C=CN(CC6CCO6)C45)CC3)n2)c(F)c1. The molecular weight excluding hydrogens is 517 g/mol. The van der Waals surface area contributed by atoms with Crippen LogP contribution in [0.1, 0.15) is 17.5 Å². The van der Waals surface area contributed by atoms with E-state index >= 15 is 0 Å². The number of aromatic nitrogens is 1. The number of carboxylic acids is 1. The highest BCUT2D eigenvalue weighted by Crippen LogP contribution is 2.32. The van der Waals surface area contributed by atoms with Crippen LogP contribution in [0.25, 0.3) is 0 Å². The largest absolute Gasteiger partial charge is 0.477 e. The molecule has 4 aliphatic rings. The summed E-state index contributed by atoms with van der Waals surface area (Å²) in [7, 11) is 0. The number of ether oxygens (including phenoxy) is 2. The third-order valence-electron chi connectivity index (χ3n) is 7.58. The van der Waals surface area contributed by atoms with E-state index in [9.17, 15) is 14.3 Å². The Hall–Kier alpha value is -4.34. The minimum Gasteiger partial charge on any atom is -0.477 e. The zero-order valence-electron chi connectivity index (χ0n) is 21.9. The number of benzene rings is 1. The highest BCUT2D eigenvalue weighted by atomic mass is 19.1. The number of piperazine rings is 1. The Balaban J connectivity index is 1.05. The van der Waals surface area contributed by atoms with Gasteiger partial charge in [0.2, 0.25) is 5.88 Å². The van der Waals surface area contributed by atoms with E-state index in [-0.39, 0.29) is 30.3 Å². The summed E-state index contributed by atoms with van der Waals surface area (Å²) in [5.41, 5.74) is 0.886. The average Bonchev–Trinajstić information content (AvgIpc) is 3.51. The van der Waals surface area contributed by atoms with Crippen molar-refractivity contribution < 1.29 is 23.8 Å². The molecule has 5 heterocycles. The summed E-state index contributed by atoms with van der Waals surface area (Å²) in [4.78, 5) is 27.0. The maximum Gasteiger partial charge on any atom is 0.354 e. The number of aliphatic carboxylic acids is 1. The van der Waals surface area contributed by atoms with Crippen LogP contribution in [-0.4, -0.2) is 94.1 Å². The zero-order chi connectivity index (χ0) is 27.6. The van der Waals surface area contributed by atoms with Crippen LogP contribution in [0.2, 0.25) is 0 Å². The van der Waals surface area contributed by atoms with Gasteiger partial charge >= 0.3 is 5.97 Å².